The lowest BCUT2D eigenvalue weighted by Crippen LogP contribution is -2.40. The van der Waals surface area contributed by atoms with Crippen LogP contribution in [0.15, 0.2) is 6.07 Å². The molecule has 1 saturated heterocycles. The first-order valence-corrected chi connectivity index (χ1v) is 8.51. The number of likely N-dealkylation sites (N-methyl/N-ethyl adjacent to an activating group) is 1. The highest BCUT2D eigenvalue weighted by molar-refractivity contribution is 6.33. The molecule has 1 aliphatic rings. The normalized spacial score (nSPS) is 18.2. The van der Waals surface area contributed by atoms with Gasteiger partial charge in [-0.1, -0.05) is 25.4 Å². The van der Waals surface area contributed by atoms with Crippen molar-refractivity contribution in [1.29, 1.82) is 0 Å². The summed E-state index contributed by atoms with van der Waals surface area (Å²) in [7, 11) is 1.49. The molecular formula is C17H25ClN2O3. The van der Waals surface area contributed by atoms with E-state index in [9.17, 15) is 9.90 Å². The van der Waals surface area contributed by atoms with Crippen LogP contribution in [0.5, 0.6) is 11.5 Å². The van der Waals surface area contributed by atoms with Crippen LogP contribution in [0.4, 0.5) is 0 Å². The molecule has 0 bridgehead atoms. The molecule has 0 spiro atoms. The van der Waals surface area contributed by atoms with Crippen molar-refractivity contribution in [2.75, 3.05) is 26.7 Å². The Morgan fingerprint density at radius 3 is 2.87 bits per heavy atom. The topological polar surface area (TPSA) is 61.8 Å². The number of hydrogen-bond acceptors (Lipinski definition) is 4. The quantitative estimate of drug-likeness (QED) is 0.836. The maximum absolute atomic E-state index is 12.6. The lowest BCUT2D eigenvalue weighted by atomic mass is 10.0. The molecule has 0 aromatic heterocycles. The molecule has 1 aliphatic heterocycles. The largest absolute Gasteiger partial charge is 0.505 e. The van der Waals surface area contributed by atoms with Crippen molar-refractivity contribution >= 4 is 17.5 Å². The average Bonchev–Trinajstić information content (AvgIpc) is 3.01. The smallest absolute Gasteiger partial charge is 0.258 e. The Bertz CT molecular complexity index is 577. The number of carbonyl (C=O) groups is 1. The first kappa shape index (κ1) is 17.9. The van der Waals surface area contributed by atoms with E-state index in [1.807, 2.05) is 6.92 Å². The van der Waals surface area contributed by atoms with Crippen molar-refractivity contribution in [3.05, 3.63) is 22.2 Å². The Morgan fingerprint density at radius 2 is 2.26 bits per heavy atom. The minimum atomic E-state index is -0.348. The molecule has 1 heterocycles. The molecule has 2 N–H and O–H groups in total. The number of aryl methyl sites for hydroxylation is 1. The van der Waals surface area contributed by atoms with E-state index < -0.39 is 0 Å². The number of nitrogens with zero attached hydrogens (tertiary/aromatic N) is 1. The predicted molar refractivity (Wildman–Crippen MR) is 91.6 cm³/mol. The number of phenols is 1. The summed E-state index contributed by atoms with van der Waals surface area (Å²) in [5, 5.41) is 13.3. The first-order valence-electron chi connectivity index (χ1n) is 8.13. The van der Waals surface area contributed by atoms with Crippen molar-refractivity contribution in [3.8, 4) is 11.5 Å². The lowest BCUT2D eigenvalue weighted by Gasteiger charge is -2.23. The van der Waals surface area contributed by atoms with E-state index in [1.165, 1.54) is 7.11 Å². The number of halogens is 1. The second kappa shape index (κ2) is 7.88. The van der Waals surface area contributed by atoms with Crippen molar-refractivity contribution < 1.29 is 14.6 Å². The summed E-state index contributed by atoms with van der Waals surface area (Å²) in [4.78, 5) is 14.9. The number of aromatic hydroxyl groups is 1. The van der Waals surface area contributed by atoms with Crippen LogP contribution in [0.1, 0.15) is 42.6 Å². The van der Waals surface area contributed by atoms with Gasteiger partial charge in [0, 0.05) is 12.6 Å². The molecular weight excluding hydrogens is 316 g/mol. The summed E-state index contributed by atoms with van der Waals surface area (Å²) in [6.45, 7) is 6.68. The Balaban J connectivity index is 2.20. The van der Waals surface area contributed by atoms with E-state index in [0.29, 0.717) is 24.8 Å². The monoisotopic (exact) mass is 340 g/mol. The molecule has 0 saturated carbocycles. The zero-order valence-electron chi connectivity index (χ0n) is 14.0. The van der Waals surface area contributed by atoms with Crippen LogP contribution in [0.2, 0.25) is 5.02 Å². The fourth-order valence-electron chi connectivity index (χ4n) is 3.22. The van der Waals surface area contributed by atoms with Crippen LogP contribution in [0.25, 0.3) is 0 Å². The van der Waals surface area contributed by atoms with Crippen LogP contribution < -0.4 is 10.1 Å². The molecule has 1 fully saturated rings. The summed E-state index contributed by atoms with van der Waals surface area (Å²) >= 11 is 6.05. The van der Waals surface area contributed by atoms with E-state index in [4.69, 9.17) is 16.3 Å². The predicted octanol–water partition coefficient (Wildman–Crippen LogP) is 2.83. The second-order valence-corrected chi connectivity index (χ2v) is 6.17. The van der Waals surface area contributed by atoms with E-state index >= 15 is 0 Å². The molecule has 0 radical (unpaired) electrons. The molecule has 23 heavy (non-hydrogen) atoms. The zero-order valence-corrected chi connectivity index (χ0v) is 14.7. The number of benzene rings is 1. The number of hydrogen-bond donors (Lipinski definition) is 2. The highest BCUT2D eigenvalue weighted by atomic mass is 35.5. The molecule has 1 atom stereocenters. The van der Waals surface area contributed by atoms with Gasteiger partial charge < -0.3 is 15.2 Å². The van der Waals surface area contributed by atoms with Gasteiger partial charge >= 0.3 is 0 Å². The van der Waals surface area contributed by atoms with Crippen LogP contribution in [-0.4, -0.2) is 48.7 Å². The molecule has 0 aliphatic carbocycles. The van der Waals surface area contributed by atoms with Gasteiger partial charge in [-0.25, -0.2) is 0 Å². The lowest BCUT2D eigenvalue weighted by molar-refractivity contribution is 0.0935. The minimum absolute atomic E-state index is 0.123. The van der Waals surface area contributed by atoms with Gasteiger partial charge in [0.1, 0.15) is 11.3 Å². The van der Waals surface area contributed by atoms with Crippen LogP contribution in [0, 0.1) is 0 Å². The summed E-state index contributed by atoms with van der Waals surface area (Å²) < 4.78 is 5.35. The van der Waals surface area contributed by atoms with Gasteiger partial charge in [-0.3, -0.25) is 9.69 Å². The van der Waals surface area contributed by atoms with Crippen LogP contribution in [-0.2, 0) is 6.42 Å². The second-order valence-electron chi connectivity index (χ2n) is 5.76. The number of amides is 1. The van der Waals surface area contributed by atoms with Crippen molar-refractivity contribution in [2.24, 2.45) is 0 Å². The number of nitrogens with one attached hydrogen (secondary N) is 1. The van der Waals surface area contributed by atoms with Gasteiger partial charge in [0.05, 0.1) is 12.1 Å². The van der Waals surface area contributed by atoms with Crippen LogP contribution in [0.3, 0.4) is 0 Å². The standard InChI is InChI=1S/C17H25ClN2O3/c1-4-11-9-13(18)15(21)14(16(11)23-3)17(22)19-10-12-7-6-8-20(12)5-2/h9,12,21H,4-8,10H2,1-3H3,(H,19,22)/t12-/m0/s1. The van der Waals surface area contributed by atoms with E-state index in [1.54, 1.807) is 6.07 Å². The third kappa shape index (κ3) is 3.72. The highest BCUT2D eigenvalue weighted by Gasteiger charge is 2.26. The summed E-state index contributed by atoms with van der Waals surface area (Å²) in [5.41, 5.74) is 0.925. The summed E-state index contributed by atoms with van der Waals surface area (Å²) in [6.07, 6.45) is 2.89. The van der Waals surface area contributed by atoms with E-state index in [0.717, 1.165) is 31.5 Å². The third-order valence-electron chi connectivity index (χ3n) is 4.50. The Labute approximate surface area is 142 Å². The van der Waals surface area contributed by atoms with E-state index in [2.05, 4.69) is 17.1 Å². The van der Waals surface area contributed by atoms with Gasteiger partial charge in [-0.15, -0.1) is 0 Å². The fraction of sp³-hybridized carbons (Fsp3) is 0.588. The molecule has 0 unspecified atom stereocenters. The Kier molecular flexibility index (Phi) is 6.13. The molecule has 5 nitrogen and oxygen atoms in total. The molecule has 1 aromatic carbocycles. The van der Waals surface area contributed by atoms with Gasteiger partial charge in [-0.05, 0) is 44.0 Å². The van der Waals surface area contributed by atoms with Crippen molar-refractivity contribution in [1.82, 2.24) is 10.2 Å². The maximum atomic E-state index is 12.6. The minimum Gasteiger partial charge on any atom is -0.505 e. The van der Waals surface area contributed by atoms with E-state index in [-0.39, 0.29) is 22.2 Å². The molecule has 128 valence electrons. The third-order valence-corrected chi connectivity index (χ3v) is 4.79. The number of rotatable bonds is 6. The molecule has 6 heteroatoms. The molecule has 1 amide bonds. The number of likely N-dealkylation sites (tertiary alicyclic amines) is 1. The van der Waals surface area contributed by atoms with Gasteiger partial charge in [0.2, 0.25) is 0 Å². The summed E-state index contributed by atoms with van der Waals surface area (Å²) in [5.74, 6) is -0.179. The Hall–Kier alpha value is -1.46. The van der Waals surface area contributed by atoms with Gasteiger partial charge in [0.25, 0.3) is 5.91 Å². The van der Waals surface area contributed by atoms with Crippen molar-refractivity contribution in [2.45, 2.75) is 39.2 Å². The average molecular weight is 341 g/mol. The van der Waals surface area contributed by atoms with Gasteiger partial charge in [0.15, 0.2) is 5.75 Å². The molecule has 1 aromatic rings. The zero-order chi connectivity index (χ0) is 17.0. The number of ether oxygens (including phenoxy) is 1. The SMILES string of the molecule is CCc1cc(Cl)c(O)c(C(=O)NC[C@@H]2CCCN2CC)c1OC. The molecule has 2 rings (SSSR count). The fourth-order valence-corrected chi connectivity index (χ4v) is 3.45. The number of methoxy groups -OCH3 is 1. The van der Waals surface area contributed by atoms with Gasteiger partial charge in [-0.2, -0.15) is 0 Å². The van der Waals surface area contributed by atoms with Crippen molar-refractivity contribution in [3.63, 3.8) is 0 Å². The van der Waals surface area contributed by atoms with Crippen LogP contribution >= 0.6 is 11.6 Å². The number of carbonyl (C=O) groups excluding carboxylic acids is 1. The maximum Gasteiger partial charge on any atom is 0.258 e. The first-order chi connectivity index (χ1) is 11.0. The highest BCUT2D eigenvalue weighted by Crippen LogP contribution is 2.38. The summed E-state index contributed by atoms with van der Waals surface area (Å²) in [6, 6.07) is 1.99. The number of phenolic OH excluding ortho intramolecular Hbond substituents is 1. The Morgan fingerprint density at radius 1 is 1.52 bits per heavy atom.